The Morgan fingerprint density at radius 3 is 2.59 bits per heavy atom. The Morgan fingerprint density at radius 1 is 1.32 bits per heavy atom. The van der Waals surface area contributed by atoms with Crippen LogP contribution in [0.1, 0.15) is 24.4 Å². The van der Waals surface area contributed by atoms with Crippen molar-refractivity contribution in [2.45, 2.75) is 19.9 Å². The summed E-state index contributed by atoms with van der Waals surface area (Å²) in [6.45, 7) is 3.61. The highest BCUT2D eigenvalue weighted by Crippen LogP contribution is 2.35. The second-order valence-electron chi connectivity index (χ2n) is 5.13. The summed E-state index contributed by atoms with van der Waals surface area (Å²) >= 11 is 0. The van der Waals surface area contributed by atoms with Crippen molar-refractivity contribution in [3.8, 4) is 5.75 Å². The molecule has 0 saturated carbocycles. The van der Waals surface area contributed by atoms with Crippen LogP contribution in [0.3, 0.4) is 0 Å². The molecule has 3 N–H and O–H groups in total. The van der Waals surface area contributed by atoms with Crippen LogP contribution in [0.5, 0.6) is 5.75 Å². The fourth-order valence-corrected chi connectivity index (χ4v) is 2.67. The van der Waals surface area contributed by atoms with Gasteiger partial charge < -0.3 is 15.8 Å². The maximum absolute atomic E-state index is 11.9. The summed E-state index contributed by atoms with van der Waals surface area (Å²) in [6, 6.07) is 7.07. The molecule has 0 radical (unpaired) electrons. The van der Waals surface area contributed by atoms with Crippen molar-refractivity contribution in [1.82, 2.24) is 14.8 Å². The van der Waals surface area contributed by atoms with Crippen LogP contribution in [0, 0.1) is 6.92 Å². The number of carbonyl (C=O) groups is 1. The molecule has 0 bridgehead atoms. The number of carbonyl (C=O) groups excluding carboxylic acids is 1. The van der Waals surface area contributed by atoms with Crippen molar-refractivity contribution in [3.05, 3.63) is 46.9 Å². The van der Waals surface area contributed by atoms with E-state index in [2.05, 4.69) is 15.4 Å². The first kappa shape index (κ1) is 14.1. The molecule has 1 aliphatic rings. The van der Waals surface area contributed by atoms with Crippen LogP contribution in [-0.4, -0.2) is 27.8 Å². The van der Waals surface area contributed by atoms with Crippen molar-refractivity contribution in [2.24, 2.45) is 5.73 Å². The zero-order chi connectivity index (χ0) is 15.9. The predicted molar refractivity (Wildman–Crippen MR) is 81.4 cm³/mol. The number of methoxy groups -OCH3 is 1. The van der Waals surface area contributed by atoms with Crippen LogP contribution in [0.4, 0.5) is 5.95 Å². The summed E-state index contributed by atoms with van der Waals surface area (Å²) in [5, 5.41) is 7.47. The van der Waals surface area contributed by atoms with Gasteiger partial charge in [-0.1, -0.05) is 12.1 Å². The van der Waals surface area contributed by atoms with E-state index < -0.39 is 11.9 Å². The molecule has 1 atom stereocenters. The number of nitrogens with one attached hydrogen (secondary N) is 1. The van der Waals surface area contributed by atoms with Crippen molar-refractivity contribution >= 4 is 11.9 Å². The highest BCUT2D eigenvalue weighted by Gasteiger charge is 2.32. The number of fused-ring (bicyclic) bond motifs is 1. The van der Waals surface area contributed by atoms with Gasteiger partial charge in [-0.2, -0.15) is 10.1 Å². The van der Waals surface area contributed by atoms with Gasteiger partial charge in [0.15, 0.2) is 0 Å². The highest BCUT2D eigenvalue weighted by molar-refractivity contribution is 5.95. The minimum atomic E-state index is -0.482. The highest BCUT2D eigenvalue weighted by atomic mass is 16.5. The molecule has 0 unspecified atom stereocenters. The monoisotopic (exact) mass is 299 g/mol. The number of hydrogen-bond acceptors (Lipinski definition) is 5. The Labute approximate surface area is 127 Å². The Balaban J connectivity index is 2.16. The minimum Gasteiger partial charge on any atom is -0.497 e. The van der Waals surface area contributed by atoms with Gasteiger partial charge in [-0.15, -0.1) is 0 Å². The van der Waals surface area contributed by atoms with Gasteiger partial charge in [-0.3, -0.25) is 4.79 Å². The van der Waals surface area contributed by atoms with Crippen LogP contribution in [-0.2, 0) is 4.79 Å². The number of primary amides is 1. The first-order valence-corrected chi connectivity index (χ1v) is 6.86. The molecule has 2 aromatic rings. The number of aryl methyl sites for hydroxylation is 1. The lowest BCUT2D eigenvalue weighted by molar-refractivity contribution is -0.115. The van der Waals surface area contributed by atoms with Gasteiger partial charge in [-0.05, 0) is 31.5 Å². The number of amides is 1. The van der Waals surface area contributed by atoms with Crippen molar-refractivity contribution in [3.63, 3.8) is 0 Å². The topological polar surface area (TPSA) is 95.1 Å². The zero-order valence-electron chi connectivity index (χ0n) is 12.6. The van der Waals surface area contributed by atoms with E-state index in [1.807, 2.05) is 31.2 Å². The number of aromatic nitrogens is 3. The maximum Gasteiger partial charge on any atom is 0.248 e. The average Bonchev–Trinajstić information content (AvgIpc) is 2.85. The molecule has 0 saturated heterocycles. The first-order valence-electron chi connectivity index (χ1n) is 6.86. The largest absolute Gasteiger partial charge is 0.497 e. The molecule has 0 spiro atoms. The van der Waals surface area contributed by atoms with Crippen molar-refractivity contribution in [1.29, 1.82) is 0 Å². The van der Waals surface area contributed by atoms with Gasteiger partial charge in [0, 0.05) is 5.70 Å². The number of allylic oxidation sites excluding steroid dienone is 1. The number of anilines is 1. The Hall–Kier alpha value is -2.83. The van der Waals surface area contributed by atoms with Gasteiger partial charge >= 0.3 is 0 Å². The maximum atomic E-state index is 11.9. The number of nitrogens with zero attached hydrogens (tertiary/aromatic N) is 3. The Kier molecular flexibility index (Phi) is 3.32. The van der Waals surface area contributed by atoms with Gasteiger partial charge in [0.2, 0.25) is 11.9 Å². The van der Waals surface area contributed by atoms with E-state index in [-0.39, 0.29) is 0 Å². The summed E-state index contributed by atoms with van der Waals surface area (Å²) in [5.41, 5.74) is 7.64. The Bertz CT molecular complexity index is 761. The number of hydrogen-bond donors (Lipinski definition) is 2. The fourth-order valence-electron chi connectivity index (χ4n) is 2.67. The summed E-state index contributed by atoms with van der Waals surface area (Å²) in [5.74, 6) is 1.49. The standard InChI is InChI=1S/C15H17N5O2/c1-8-12(14(16)21)13(10-4-6-11(22-3)7-5-10)20-15(17-8)18-9(2)19-20/h4-7,13H,1-3H3,(H2,16,21)(H,17,18,19)/t13-/m0/s1. The molecule has 3 rings (SSSR count). The van der Waals surface area contributed by atoms with E-state index in [9.17, 15) is 4.79 Å². The van der Waals surface area contributed by atoms with E-state index in [1.165, 1.54) is 0 Å². The molecule has 1 aromatic carbocycles. The molecule has 1 amide bonds. The molecule has 0 aliphatic carbocycles. The van der Waals surface area contributed by atoms with E-state index in [1.54, 1.807) is 18.7 Å². The normalized spacial score (nSPS) is 17.0. The lowest BCUT2D eigenvalue weighted by atomic mass is 9.95. The molecule has 0 fully saturated rings. The SMILES string of the molecule is COc1ccc([C@H]2C(C(N)=O)=C(C)Nc3nc(C)nn32)cc1. The molecule has 7 nitrogen and oxygen atoms in total. The molecule has 1 aliphatic heterocycles. The lowest BCUT2D eigenvalue weighted by Gasteiger charge is -2.27. The molecular formula is C15H17N5O2. The van der Waals surface area contributed by atoms with Crippen molar-refractivity contribution in [2.75, 3.05) is 12.4 Å². The van der Waals surface area contributed by atoms with Crippen LogP contribution in [0.2, 0.25) is 0 Å². The summed E-state index contributed by atoms with van der Waals surface area (Å²) in [6.07, 6.45) is 0. The van der Waals surface area contributed by atoms with Gasteiger partial charge in [0.25, 0.3) is 0 Å². The average molecular weight is 299 g/mol. The fraction of sp³-hybridized carbons (Fsp3) is 0.267. The first-order chi connectivity index (χ1) is 10.5. The second-order valence-corrected chi connectivity index (χ2v) is 5.13. The number of nitrogens with two attached hydrogens (primary N) is 1. The summed E-state index contributed by atoms with van der Waals surface area (Å²) in [7, 11) is 1.61. The van der Waals surface area contributed by atoms with E-state index in [0.717, 1.165) is 11.3 Å². The second kappa shape index (κ2) is 5.18. The molecular weight excluding hydrogens is 282 g/mol. The molecule has 1 aromatic heterocycles. The summed E-state index contributed by atoms with van der Waals surface area (Å²) < 4.78 is 6.86. The van der Waals surface area contributed by atoms with Gasteiger partial charge in [0.05, 0.1) is 12.7 Å². The van der Waals surface area contributed by atoms with Crippen LogP contribution >= 0.6 is 0 Å². The van der Waals surface area contributed by atoms with E-state index >= 15 is 0 Å². The third-order valence-corrected chi connectivity index (χ3v) is 3.66. The number of ether oxygens (including phenoxy) is 1. The third kappa shape index (κ3) is 2.20. The van der Waals surface area contributed by atoms with Crippen molar-refractivity contribution < 1.29 is 9.53 Å². The Morgan fingerprint density at radius 2 is 2.00 bits per heavy atom. The molecule has 7 heteroatoms. The quantitative estimate of drug-likeness (QED) is 0.892. The van der Waals surface area contributed by atoms with Crippen LogP contribution < -0.4 is 15.8 Å². The van der Waals surface area contributed by atoms with E-state index in [0.29, 0.717) is 23.0 Å². The smallest absolute Gasteiger partial charge is 0.248 e. The predicted octanol–water partition coefficient (Wildman–Crippen LogP) is 1.37. The van der Waals surface area contributed by atoms with Gasteiger partial charge in [-0.25, -0.2) is 4.68 Å². The van der Waals surface area contributed by atoms with Crippen LogP contribution in [0.15, 0.2) is 35.5 Å². The van der Waals surface area contributed by atoms with E-state index in [4.69, 9.17) is 10.5 Å². The lowest BCUT2D eigenvalue weighted by Crippen LogP contribution is -2.31. The van der Waals surface area contributed by atoms with Crippen LogP contribution in [0.25, 0.3) is 0 Å². The molecule has 22 heavy (non-hydrogen) atoms. The third-order valence-electron chi connectivity index (χ3n) is 3.66. The minimum absolute atomic E-state index is 0.402. The van der Waals surface area contributed by atoms with Gasteiger partial charge in [0.1, 0.15) is 17.6 Å². The number of rotatable bonds is 3. The number of benzene rings is 1. The molecule has 114 valence electrons. The molecule has 2 heterocycles. The zero-order valence-corrected chi connectivity index (χ0v) is 12.6. The summed E-state index contributed by atoms with van der Waals surface area (Å²) in [4.78, 5) is 16.3.